The van der Waals surface area contributed by atoms with Gasteiger partial charge in [-0.05, 0) is 11.8 Å². The van der Waals surface area contributed by atoms with Crippen LogP contribution in [0.25, 0.3) is 0 Å². The van der Waals surface area contributed by atoms with Crippen molar-refractivity contribution in [3.05, 3.63) is 35.9 Å². The Hall–Kier alpha value is -0.870. The van der Waals surface area contributed by atoms with Crippen LogP contribution in [0.15, 0.2) is 30.3 Å². The Morgan fingerprint density at radius 1 is 1.43 bits per heavy atom. The highest BCUT2D eigenvalue weighted by molar-refractivity contribution is 8.22. The van der Waals surface area contributed by atoms with Gasteiger partial charge in [0.1, 0.15) is 5.92 Å². The third-order valence-electron chi connectivity index (χ3n) is 1.85. The topological polar surface area (TPSA) is 43.1 Å². The highest BCUT2D eigenvalue weighted by Crippen LogP contribution is 2.22. The maximum Gasteiger partial charge on any atom is 0.230 e. The number of benzene rings is 1. The van der Waals surface area contributed by atoms with Crippen molar-refractivity contribution in [1.82, 2.24) is 0 Å². The van der Waals surface area contributed by atoms with Gasteiger partial charge in [-0.3, -0.25) is 4.79 Å². The molecule has 74 valence electrons. The number of hydrogen-bond donors (Lipinski definition) is 1. The van der Waals surface area contributed by atoms with E-state index >= 15 is 0 Å². The van der Waals surface area contributed by atoms with Gasteiger partial charge in [0.15, 0.2) is 0 Å². The fourth-order valence-corrected chi connectivity index (χ4v) is 1.92. The lowest BCUT2D eigenvalue weighted by Crippen LogP contribution is -2.25. The van der Waals surface area contributed by atoms with Gasteiger partial charge in [0, 0.05) is 0 Å². The molecule has 0 radical (unpaired) electrons. The van der Waals surface area contributed by atoms with Crippen molar-refractivity contribution in [2.45, 2.75) is 5.92 Å². The normalized spacial score (nSPS) is 12.1. The Morgan fingerprint density at radius 3 is 2.43 bits per heavy atom. The maximum absolute atomic E-state index is 11.2. The number of carbonyl (C=O) groups excluding carboxylic acids is 1. The van der Waals surface area contributed by atoms with E-state index in [4.69, 9.17) is 18.0 Å². The van der Waals surface area contributed by atoms with Gasteiger partial charge >= 0.3 is 0 Å². The number of hydrogen-bond acceptors (Lipinski definition) is 3. The summed E-state index contributed by atoms with van der Waals surface area (Å²) in [5.41, 5.74) is 6.17. The van der Waals surface area contributed by atoms with Gasteiger partial charge in [0.25, 0.3) is 0 Å². The molecule has 0 spiro atoms. The van der Waals surface area contributed by atoms with E-state index in [1.807, 2.05) is 36.6 Å². The first-order valence-electron chi connectivity index (χ1n) is 4.09. The predicted octanol–water partition coefficient (Wildman–Crippen LogP) is 1.95. The molecule has 1 atom stereocenters. The van der Waals surface area contributed by atoms with Gasteiger partial charge in [-0.15, -0.1) is 11.8 Å². The van der Waals surface area contributed by atoms with Crippen molar-refractivity contribution in [3.8, 4) is 0 Å². The molecule has 1 aromatic rings. The lowest BCUT2D eigenvalue weighted by Gasteiger charge is -2.12. The number of primary amides is 1. The fraction of sp³-hybridized carbons (Fsp3) is 0.200. The van der Waals surface area contributed by atoms with Gasteiger partial charge in [-0.25, -0.2) is 0 Å². The molecule has 2 N–H and O–H groups in total. The standard InChI is InChI=1S/C10H11NOS2/c1-14-10(13)8(9(11)12)7-5-3-2-4-6-7/h2-6,8H,1H3,(H2,11,12). The molecule has 2 nitrogen and oxygen atoms in total. The molecule has 0 aliphatic heterocycles. The van der Waals surface area contributed by atoms with Crippen LogP contribution in [0.2, 0.25) is 0 Å². The van der Waals surface area contributed by atoms with Gasteiger partial charge in [-0.2, -0.15) is 0 Å². The molecule has 0 fully saturated rings. The summed E-state index contributed by atoms with van der Waals surface area (Å²) < 4.78 is 0.615. The van der Waals surface area contributed by atoms with E-state index in [1.165, 1.54) is 11.8 Å². The number of carbonyl (C=O) groups is 1. The Labute approximate surface area is 92.9 Å². The quantitative estimate of drug-likeness (QED) is 0.800. The fourth-order valence-electron chi connectivity index (χ4n) is 1.18. The van der Waals surface area contributed by atoms with Crippen LogP contribution < -0.4 is 5.73 Å². The van der Waals surface area contributed by atoms with E-state index in [0.717, 1.165) is 5.56 Å². The van der Waals surface area contributed by atoms with E-state index in [9.17, 15) is 4.79 Å². The first-order valence-corrected chi connectivity index (χ1v) is 5.72. The summed E-state index contributed by atoms with van der Waals surface area (Å²) in [5, 5.41) is 0. The summed E-state index contributed by atoms with van der Waals surface area (Å²) in [7, 11) is 0. The lowest BCUT2D eigenvalue weighted by atomic mass is 10.0. The summed E-state index contributed by atoms with van der Waals surface area (Å²) in [6, 6.07) is 9.35. The predicted molar refractivity (Wildman–Crippen MR) is 64.5 cm³/mol. The number of amides is 1. The third kappa shape index (κ3) is 2.56. The SMILES string of the molecule is CSC(=S)C(C(N)=O)c1ccccc1. The van der Waals surface area contributed by atoms with Crippen LogP contribution in [-0.2, 0) is 4.79 Å². The summed E-state index contributed by atoms with van der Waals surface area (Å²) in [6.45, 7) is 0. The monoisotopic (exact) mass is 225 g/mol. The van der Waals surface area contributed by atoms with Crippen molar-refractivity contribution in [3.63, 3.8) is 0 Å². The average Bonchev–Trinajstić information content (AvgIpc) is 2.19. The van der Waals surface area contributed by atoms with Crippen LogP contribution in [0.3, 0.4) is 0 Å². The summed E-state index contributed by atoms with van der Waals surface area (Å²) in [5.74, 6) is -0.850. The van der Waals surface area contributed by atoms with Crippen molar-refractivity contribution in [1.29, 1.82) is 0 Å². The molecular formula is C10H11NOS2. The molecule has 1 aromatic carbocycles. The van der Waals surface area contributed by atoms with Gasteiger partial charge in [-0.1, -0.05) is 42.5 Å². The summed E-state index contributed by atoms with van der Waals surface area (Å²) in [4.78, 5) is 11.2. The van der Waals surface area contributed by atoms with Crippen molar-refractivity contribution in [2.75, 3.05) is 6.26 Å². The Morgan fingerprint density at radius 2 is 2.00 bits per heavy atom. The largest absolute Gasteiger partial charge is 0.369 e. The molecule has 1 unspecified atom stereocenters. The zero-order valence-corrected chi connectivity index (χ0v) is 9.40. The molecule has 4 heteroatoms. The van der Waals surface area contributed by atoms with Gasteiger partial charge in [0.2, 0.25) is 5.91 Å². The molecule has 0 aromatic heterocycles. The molecule has 0 heterocycles. The molecule has 0 aliphatic carbocycles. The molecule has 1 amide bonds. The number of rotatable bonds is 3. The average molecular weight is 225 g/mol. The third-order valence-corrected chi connectivity index (χ3v) is 3.23. The van der Waals surface area contributed by atoms with E-state index in [0.29, 0.717) is 4.20 Å². The number of thioether (sulfide) groups is 1. The Balaban J connectivity index is 3.01. The summed E-state index contributed by atoms with van der Waals surface area (Å²) >= 11 is 6.48. The zero-order chi connectivity index (χ0) is 10.6. The highest BCUT2D eigenvalue weighted by Gasteiger charge is 2.21. The molecule has 0 saturated heterocycles. The van der Waals surface area contributed by atoms with Crippen LogP contribution in [0.1, 0.15) is 11.5 Å². The smallest absolute Gasteiger partial charge is 0.230 e. The van der Waals surface area contributed by atoms with Crippen molar-refractivity contribution in [2.24, 2.45) is 5.73 Å². The van der Waals surface area contributed by atoms with Crippen LogP contribution in [-0.4, -0.2) is 16.4 Å². The van der Waals surface area contributed by atoms with E-state index in [1.54, 1.807) is 0 Å². The molecule has 0 saturated carbocycles. The second-order valence-electron chi connectivity index (χ2n) is 2.77. The van der Waals surface area contributed by atoms with Gasteiger partial charge in [0.05, 0.1) is 4.20 Å². The minimum absolute atomic E-state index is 0.393. The van der Waals surface area contributed by atoms with Crippen LogP contribution in [0, 0.1) is 0 Å². The van der Waals surface area contributed by atoms with Crippen molar-refractivity contribution >= 4 is 34.1 Å². The zero-order valence-electron chi connectivity index (χ0n) is 7.77. The summed E-state index contributed by atoms with van der Waals surface area (Å²) in [6.07, 6.45) is 1.85. The van der Waals surface area contributed by atoms with Crippen molar-refractivity contribution < 1.29 is 4.79 Å². The Bertz CT molecular complexity index is 337. The Kier molecular flexibility index (Phi) is 4.10. The molecule has 0 bridgehead atoms. The van der Waals surface area contributed by atoms with Crippen LogP contribution in [0.4, 0.5) is 0 Å². The minimum atomic E-state index is -0.457. The number of thiocarbonyl (C=S) groups is 1. The highest BCUT2D eigenvalue weighted by atomic mass is 32.2. The van der Waals surface area contributed by atoms with Gasteiger partial charge < -0.3 is 5.73 Å². The van der Waals surface area contributed by atoms with E-state index in [-0.39, 0.29) is 0 Å². The molecular weight excluding hydrogens is 214 g/mol. The number of nitrogens with two attached hydrogens (primary N) is 1. The minimum Gasteiger partial charge on any atom is -0.369 e. The second-order valence-corrected chi connectivity index (χ2v) is 4.32. The molecule has 14 heavy (non-hydrogen) atoms. The first kappa shape index (κ1) is 11.2. The second kappa shape index (κ2) is 5.12. The van der Waals surface area contributed by atoms with E-state index in [2.05, 4.69) is 0 Å². The molecule has 1 rings (SSSR count). The van der Waals surface area contributed by atoms with Crippen LogP contribution in [0.5, 0.6) is 0 Å². The van der Waals surface area contributed by atoms with E-state index < -0.39 is 11.8 Å². The van der Waals surface area contributed by atoms with Crippen LogP contribution >= 0.6 is 24.0 Å². The maximum atomic E-state index is 11.2. The lowest BCUT2D eigenvalue weighted by molar-refractivity contribution is -0.117. The molecule has 0 aliphatic rings. The first-order chi connectivity index (χ1) is 6.66.